The van der Waals surface area contributed by atoms with Crippen LogP contribution >= 0.6 is 0 Å². The molecule has 0 bridgehead atoms. The maximum atomic E-state index is 13.4. The summed E-state index contributed by atoms with van der Waals surface area (Å²) in [4.78, 5) is 38.6. The monoisotopic (exact) mass is 558 g/mol. The molecule has 1 atom stereocenters. The molecule has 10 nitrogen and oxygen atoms in total. The molecule has 206 valence electrons. The summed E-state index contributed by atoms with van der Waals surface area (Å²) in [5, 5.41) is 3.32. The molecule has 4 aromatic rings. The van der Waals surface area contributed by atoms with Crippen molar-refractivity contribution in [3.05, 3.63) is 84.8 Å². The van der Waals surface area contributed by atoms with Crippen LogP contribution in [-0.4, -0.2) is 82.9 Å². The molecule has 0 spiro atoms. The number of aromatic nitrogens is 3. The molecule has 11 heteroatoms. The van der Waals surface area contributed by atoms with E-state index in [1.165, 1.54) is 0 Å². The van der Waals surface area contributed by atoms with Crippen LogP contribution in [-0.2, 0) is 19.4 Å². The number of amides is 2. The summed E-state index contributed by atoms with van der Waals surface area (Å²) in [6.45, 7) is 3.57. The van der Waals surface area contributed by atoms with Crippen molar-refractivity contribution >= 4 is 39.2 Å². The van der Waals surface area contributed by atoms with Gasteiger partial charge in [-0.1, -0.05) is 42.5 Å². The first-order valence-corrected chi connectivity index (χ1v) is 14.8. The summed E-state index contributed by atoms with van der Waals surface area (Å²) in [7, 11) is -3.33. The minimum Gasteiger partial charge on any atom is -0.358 e. The van der Waals surface area contributed by atoms with Gasteiger partial charge in [0, 0.05) is 56.5 Å². The Morgan fingerprint density at radius 2 is 1.65 bits per heavy atom. The van der Waals surface area contributed by atoms with Crippen LogP contribution in [0.3, 0.4) is 0 Å². The molecule has 1 aliphatic heterocycles. The second-order valence-electron chi connectivity index (χ2n) is 9.67. The Morgan fingerprint density at radius 3 is 2.33 bits per heavy atom. The number of fused-ring (bicyclic) bond motifs is 1. The van der Waals surface area contributed by atoms with E-state index in [-0.39, 0.29) is 16.7 Å². The van der Waals surface area contributed by atoms with Gasteiger partial charge in [0.1, 0.15) is 17.6 Å². The number of nitrogens with zero attached hydrogens (tertiary/aromatic N) is 5. The number of piperazine rings is 1. The normalized spacial score (nSPS) is 14.9. The van der Waals surface area contributed by atoms with E-state index in [0.717, 1.165) is 11.8 Å². The Kier molecular flexibility index (Phi) is 7.65. The molecule has 2 aromatic carbocycles. The van der Waals surface area contributed by atoms with E-state index in [1.807, 2.05) is 34.7 Å². The van der Waals surface area contributed by atoms with E-state index in [1.54, 1.807) is 71.7 Å². The van der Waals surface area contributed by atoms with Crippen LogP contribution in [0.5, 0.6) is 0 Å². The van der Waals surface area contributed by atoms with Gasteiger partial charge in [0.05, 0.1) is 11.1 Å². The van der Waals surface area contributed by atoms with E-state index < -0.39 is 15.9 Å². The van der Waals surface area contributed by atoms with E-state index in [9.17, 15) is 18.0 Å². The number of carbonyl (C=O) groups is 2. The number of benzene rings is 2. The lowest BCUT2D eigenvalue weighted by Gasteiger charge is -2.35. The Bertz CT molecular complexity index is 1660. The molecule has 1 fully saturated rings. The van der Waals surface area contributed by atoms with Gasteiger partial charge in [0.2, 0.25) is 11.8 Å². The fraction of sp³-hybridized carbons (Fsp3) is 0.241. The van der Waals surface area contributed by atoms with Gasteiger partial charge in [0.25, 0.3) is 0 Å². The van der Waals surface area contributed by atoms with Crippen molar-refractivity contribution in [2.45, 2.75) is 17.9 Å². The summed E-state index contributed by atoms with van der Waals surface area (Å²) >= 11 is 0. The van der Waals surface area contributed by atoms with Gasteiger partial charge in [-0.3, -0.25) is 19.0 Å². The van der Waals surface area contributed by atoms with Gasteiger partial charge in [-0.2, -0.15) is 0 Å². The third-order valence-corrected chi connectivity index (χ3v) is 7.96. The molecule has 2 aromatic heterocycles. The maximum Gasteiger partial charge on any atom is 0.246 e. The summed E-state index contributed by atoms with van der Waals surface area (Å²) in [5.74, 6) is 0.438. The van der Waals surface area contributed by atoms with Gasteiger partial charge in [-0.25, -0.2) is 13.4 Å². The first kappa shape index (κ1) is 27.1. The standard InChI is InChI=1S/C29H30N6O4S/c1-21(29(37)34-18-16-33(17-19-34)26(36)13-8-22-6-4-3-5-7-22)31-28-27(32-25-20-30-14-15-35(25)28)23-9-11-24(12-10-23)40(2,38)39/h3-15,20-21,31H,16-19H2,1-2H3/b13-8+. The number of carbonyl (C=O) groups excluding carboxylic acids is 2. The molecular formula is C29H30N6O4S. The van der Waals surface area contributed by atoms with Crippen molar-refractivity contribution in [2.24, 2.45) is 0 Å². The highest BCUT2D eigenvalue weighted by Gasteiger charge is 2.28. The lowest BCUT2D eigenvalue weighted by molar-refractivity contribution is -0.137. The SMILES string of the molecule is CC(Nc1c(-c2ccc(S(C)(=O)=O)cc2)nc2cnccn12)C(=O)N1CCN(C(=O)/C=C/c2ccccc2)CC1. The van der Waals surface area contributed by atoms with Crippen molar-refractivity contribution in [1.29, 1.82) is 0 Å². The maximum absolute atomic E-state index is 13.4. The first-order chi connectivity index (χ1) is 19.2. The number of sulfone groups is 1. The Labute approximate surface area is 232 Å². The van der Waals surface area contributed by atoms with Crippen molar-refractivity contribution in [2.75, 3.05) is 37.8 Å². The second-order valence-corrected chi connectivity index (χ2v) is 11.7. The molecule has 2 amide bonds. The summed E-state index contributed by atoms with van der Waals surface area (Å²) in [6, 6.07) is 15.5. The van der Waals surface area contributed by atoms with Crippen molar-refractivity contribution in [1.82, 2.24) is 24.2 Å². The quantitative estimate of drug-likeness (QED) is 0.347. The third kappa shape index (κ3) is 5.89. The lowest BCUT2D eigenvalue weighted by atomic mass is 10.1. The van der Waals surface area contributed by atoms with Crippen LogP contribution in [0, 0.1) is 0 Å². The third-order valence-electron chi connectivity index (χ3n) is 6.83. The number of hydrogen-bond acceptors (Lipinski definition) is 7. The molecule has 1 unspecified atom stereocenters. The van der Waals surface area contributed by atoms with Crippen LogP contribution in [0.2, 0.25) is 0 Å². The zero-order valence-corrected chi connectivity index (χ0v) is 23.1. The van der Waals surface area contributed by atoms with Crippen molar-refractivity contribution in [3.63, 3.8) is 0 Å². The average molecular weight is 559 g/mol. The van der Waals surface area contributed by atoms with Gasteiger partial charge in [0.15, 0.2) is 15.5 Å². The molecule has 3 heterocycles. The Hall–Kier alpha value is -4.51. The van der Waals surface area contributed by atoms with Crippen LogP contribution < -0.4 is 5.32 Å². The molecule has 1 N–H and O–H groups in total. The molecule has 0 aliphatic carbocycles. The summed E-state index contributed by atoms with van der Waals surface area (Å²) in [5.41, 5.74) is 2.82. The molecular weight excluding hydrogens is 528 g/mol. The predicted octanol–water partition coefficient (Wildman–Crippen LogP) is 2.98. The molecule has 1 saturated heterocycles. The largest absolute Gasteiger partial charge is 0.358 e. The number of anilines is 1. The second kappa shape index (κ2) is 11.3. The first-order valence-electron chi connectivity index (χ1n) is 12.9. The highest BCUT2D eigenvalue weighted by atomic mass is 32.2. The lowest BCUT2D eigenvalue weighted by Crippen LogP contribution is -2.53. The van der Waals surface area contributed by atoms with E-state index >= 15 is 0 Å². The average Bonchev–Trinajstić information content (AvgIpc) is 3.34. The zero-order valence-electron chi connectivity index (χ0n) is 22.3. The minimum atomic E-state index is -3.33. The number of hydrogen-bond donors (Lipinski definition) is 1. The van der Waals surface area contributed by atoms with Gasteiger partial charge >= 0.3 is 0 Å². The molecule has 1 aliphatic rings. The van der Waals surface area contributed by atoms with Crippen LogP contribution in [0.4, 0.5) is 5.82 Å². The fourth-order valence-electron chi connectivity index (χ4n) is 4.63. The van der Waals surface area contributed by atoms with Gasteiger partial charge in [-0.15, -0.1) is 0 Å². The predicted molar refractivity (Wildman–Crippen MR) is 153 cm³/mol. The molecule has 5 rings (SSSR count). The number of nitrogens with one attached hydrogen (secondary N) is 1. The van der Waals surface area contributed by atoms with E-state index in [0.29, 0.717) is 48.9 Å². The molecule has 0 saturated carbocycles. The Morgan fingerprint density at radius 1 is 0.975 bits per heavy atom. The number of rotatable bonds is 7. The molecule has 40 heavy (non-hydrogen) atoms. The Balaban J connectivity index is 1.28. The smallest absolute Gasteiger partial charge is 0.246 e. The van der Waals surface area contributed by atoms with E-state index in [4.69, 9.17) is 0 Å². The van der Waals surface area contributed by atoms with Crippen molar-refractivity contribution in [3.8, 4) is 11.3 Å². The summed E-state index contributed by atoms with van der Waals surface area (Å²) < 4.78 is 25.6. The van der Waals surface area contributed by atoms with Gasteiger partial charge < -0.3 is 15.1 Å². The summed E-state index contributed by atoms with van der Waals surface area (Å²) in [6.07, 6.45) is 9.53. The topological polar surface area (TPSA) is 117 Å². The van der Waals surface area contributed by atoms with E-state index in [2.05, 4.69) is 15.3 Å². The van der Waals surface area contributed by atoms with Crippen LogP contribution in [0.15, 0.2) is 84.2 Å². The zero-order chi connectivity index (χ0) is 28.3. The fourth-order valence-corrected chi connectivity index (χ4v) is 5.26. The van der Waals surface area contributed by atoms with Gasteiger partial charge in [-0.05, 0) is 30.7 Å². The highest BCUT2D eigenvalue weighted by Crippen LogP contribution is 2.30. The molecule has 0 radical (unpaired) electrons. The highest BCUT2D eigenvalue weighted by molar-refractivity contribution is 7.90. The minimum absolute atomic E-state index is 0.0759. The van der Waals surface area contributed by atoms with Crippen LogP contribution in [0.25, 0.3) is 23.0 Å². The van der Waals surface area contributed by atoms with Crippen molar-refractivity contribution < 1.29 is 18.0 Å². The number of imidazole rings is 1. The van der Waals surface area contributed by atoms with Crippen LogP contribution in [0.1, 0.15) is 12.5 Å².